The predicted molar refractivity (Wildman–Crippen MR) is 54.4 cm³/mol. The van der Waals surface area contributed by atoms with E-state index >= 15 is 0 Å². The van der Waals surface area contributed by atoms with Gasteiger partial charge in [0.05, 0.1) is 18.8 Å². The molecule has 2 N–H and O–H groups in total. The van der Waals surface area contributed by atoms with Crippen molar-refractivity contribution >= 4 is 6.29 Å². The Bertz CT molecular complexity index is 274. The van der Waals surface area contributed by atoms with Gasteiger partial charge in [0, 0.05) is 0 Å². The lowest BCUT2D eigenvalue weighted by atomic mass is 10.2. The molecule has 2 atom stereocenters. The molecule has 75 valence electrons. The molecule has 0 aliphatic carbocycles. The third-order valence-corrected chi connectivity index (χ3v) is 2.00. The molecule has 1 radical (unpaired) electrons. The summed E-state index contributed by atoms with van der Waals surface area (Å²) in [4.78, 5) is 10.2. The van der Waals surface area contributed by atoms with E-state index in [1.54, 1.807) is 13.2 Å². The molecule has 0 bridgehead atoms. The third-order valence-electron chi connectivity index (χ3n) is 2.00. The maximum absolute atomic E-state index is 10.2. The number of hydrogen-bond donors (Lipinski definition) is 1. The van der Waals surface area contributed by atoms with Gasteiger partial charge >= 0.3 is 0 Å². The van der Waals surface area contributed by atoms with E-state index in [9.17, 15) is 4.79 Å². The first-order valence-corrected chi connectivity index (χ1v) is 4.53. The maximum atomic E-state index is 10.2. The van der Waals surface area contributed by atoms with Crippen molar-refractivity contribution in [3.05, 3.63) is 35.9 Å². The zero-order chi connectivity index (χ0) is 10.4. The van der Waals surface area contributed by atoms with E-state index in [0.29, 0.717) is 6.61 Å². The van der Waals surface area contributed by atoms with Gasteiger partial charge in [0.25, 0.3) is 0 Å². The second-order valence-corrected chi connectivity index (χ2v) is 3.15. The lowest BCUT2D eigenvalue weighted by Crippen LogP contribution is -2.35. The Hall–Kier alpha value is -1.19. The average molecular weight is 192 g/mol. The molecule has 0 aromatic heterocycles. The highest BCUT2D eigenvalue weighted by molar-refractivity contribution is 5.58. The van der Waals surface area contributed by atoms with Gasteiger partial charge in [0.15, 0.2) is 0 Å². The van der Waals surface area contributed by atoms with Gasteiger partial charge in [-0.1, -0.05) is 30.3 Å². The van der Waals surface area contributed by atoms with Crippen LogP contribution in [0.4, 0.5) is 0 Å². The highest BCUT2D eigenvalue weighted by atomic mass is 16.5. The van der Waals surface area contributed by atoms with E-state index in [4.69, 9.17) is 10.5 Å². The molecule has 1 rings (SSSR count). The number of benzene rings is 1. The summed E-state index contributed by atoms with van der Waals surface area (Å²) in [7, 11) is 0. The first-order valence-electron chi connectivity index (χ1n) is 4.53. The first kappa shape index (κ1) is 10.9. The zero-order valence-corrected chi connectivity index (χ0v) is 8.14. The lowest BCUT2D eigenvalue weighted by Gasteiger charge is -2.14. The maximum Gasteiger partial charge on any atom is 0.219 e. The van der Waals surface area contributed by atoms with Crippen molar-refractivity contribution < 1.29 is 9.53 Å². The summed E-state index contributed by atoms with van der Waals surface area (Å²) in [6.45, 7) is 2.23. The monoisotopic (exact) mass is 192 g/mol. The van der Waals surface area contributed by atoms with Gasteiger partial charge in [-0.05, 0) is 12.5 Å². The second-order valence-electron chi connectivity index (χ2n) is 3.15. The van der Waals surface area contributed by atoms with Crippen LogP contribution >= 0.6 is 0 Å². The number of rotatable bonds is 5. The Morgan fingerprint density at radius 1 is 1.43 bits per heavy atom. The van der Waals surface area contributed by atoms with E-state index in [0.717, 1.165) is 5.56 Å². The standard InChI is InChI=1S/C11H14NO2/c1-9(11(12)7-13)14-8-10-5-3-2-4-6-10/h2-6,9,11H,8,12H2,1H3. The van der Waals surface area contributed by atoms with Gasteiger partial charge in [0.2, 0.25) is 6.29 Å². The first-order chi connectivity index (χ1) is 6.74. The van der Waals surface area contributed by atoms with E-state index < -0.39 is 6.04 Å². The van der Waals surface area contributed by atoms with Crippen LogP contribution in [0.25, 0.3) is 0 Å². The SMILES string of the molecule is CC(OCc1ccccc1)C(N)[C]=O. The predicted octanol–water partition coefficient (Wildman–Crippen LogP) is 1.03. The summed E-state index contributed by atoms with van der Waals surface area (Å²) in [6, 6.07) is 9.08. The van der Waals surface area contributed by atoms with Crippen molar-refractivity contribution in [2.45, 2.75) is 25.7 Å². The molecule has 1 aromatic rings. The van der Waals surface area contributed by atoms with Gasteiger partial charge in [-0.25, -0.2) is 0 Å². The van der Waals surface area contributed by atoms with Crippen LogP contribution in [-0.4, -0.2) is 18.4 Å². The van der Waals surface area contributed by atoms with Crippen molar-refractivity contribution in [2.24, 2.45) is 5.73 Å². The third kappa shape index (κ3) is 3.28. The molecule has 0 saturated carbocycles. The molecule has 3 heteroatoms. The summed E-state index contributed by atoms with van der Waals surface area (Å²) < 4.78 is 5.39. The van der Waals surface area contributed by atoms with Crippen molar-refractivity contribution in [2.75, 3.05) is 0 Å². The van der Waals surface area contributed by atoms with Crippen molar-refractivity contribution in [3.63, 3.8) is 0 Å². The van der Waals surface area contributed by atoms with Gasteiger partial charge in [-0.2, -0.15) is 0 Å². The molecule has 0 aliphatic heterocycles. The summed E-state index contributed by atoms with van der Waals surface area (Å²) in [5.74, 6) is 0. The summed E-state index contributed by atoms with van der Waals surface area (Å²) >= 11 is 0. The van der Waals surface area contributed by atoms with Crippen molar-refractivity contribution in [3.8, 4) is 0 Å². The average Bonchev–Trinajstić information content (AvgIpc) is 2.26. The molecule has 1 aromatic carbocycles. The van der Waals surface area contributed by atoms with Gasteiger partial charge in [0.1, 0.15) is 0 Å². The Kier molecular flexibility index (Phi) is 4.29. The topological polar surface area (TPSA) is 52.3 Å². The number of hydrogen-bond acceptors (Lipinski definition) is 3. The molecule has 0 fully saturated rings. The summed E-state index contributed by atoms with van der Waals surface area (Å²) in [5.41, 5.74) is 6.50. The Balaban J connectivity index is 2.37. The van der Waals surface area contributed by atoms with Crippen LogP contribution in [0.5, 0.6) is 0 Å². The van der Waals surface area contributed by atoms with Crippen LogP contribution in [0.3, 0.4) is 0 Å². The minimum Gasteiger partial charge on any atom is -0.372 e. The molecule has 0 heterocycles. The van der Waals surface area contributed by atoms with Crippen LogP contribution in [0.1, 0.15) is 12.5 Å². The fourth-order valence-electron chi connectivity index (χ4n) is 1.00. The van der Waals surface area contributed by atoms with Crippen LogP contribution in [0.15, 0.2) is 30.3 Å². The molecule has 2 unspecified atom stereocenters. The van der Waals surface area contributed by atoms with Crippen LogP contribution in [-0.2, 0) is 16.1 Å². The van der Waals surface area contributed by atoms with Crippen LogP contribution in [0, 0.1) is 0 Å². The van der Waals surface area contributed by atoms with E-state index in [1.165, 1.54) is 0 Å². The van der Waals surface area contributed by atoms with Gasteiger partial charge in [-0.3, -0.25) is 4.79 Å². The van der Waals surface area contributed by atoms with Gasteiger partial charge in [-0.15, -0.1) is 0 Å². The number of carbonyl (C=O) groups excluding carboxylic acids is 1. The molecular formula is C11H14NO2. The minimum atomic E-state index is -0.668. The smallest absolute Gasteiger partial charge is 0.219 e. The van der Waals surface area contributed by atoms with E-state index in [1.807, 2.05) is 30.3 Å². The number of ether oxygens (including phenoxy) is 1. The normalized spacial score (nSPS) is 14.7. The van der Waals surface area contributed by atoms with E-state index in [2.05, 4.69) is 0 Å². The van der Waals surface area contributed by atoms with Crippen LogP contribution < -0.4 is 5.73 Å². The Morgan fingerprint density at radius 2 is 2.07 bits per heavy atom. The summed E-state index contributed by atoms with van der Waals surface area (Å²) in [5, 5.41) is 0. The Morgan fingerprint density at radius 3 is 2.64 bits per heavy atom. The van der Waals surface area contributed by atoms with Crippen molar-refractivity contribution in [1.29, 1.82) is 0 Å². The number of nitrogens with two attached hydrogens (primary N) is 1. The summed E-state index contributed by atoms with van der Waals surface area (Å²) in [6.07, 6.45) is 1.41. The quantitative estimate of drug-likeness (QED) is 0.758. The second kappa shape index (κ2) is 5.52. The van der Waals surface area contributed by atoms with E-state index in [-0.39, 0.29) is 6.10 Å². The fourth-order valence-corrected chi connectivity index (χ4v) is 1.00. The highest BCUT2D eigenvalue weighted by Gasteiger charge is 2.12. The van der Waals surface area contributed by atoms with Crippen LogP contribution in [0.2, 0.25) is 0 Å². The highest BCUT2D eigenvalue weighted by Crippen LogP contribution is 2.04. The fraction of sp³-hybridized carbons (Fsp3) is 0.364. The van der Waals surface area contributed by atoms with Crippen molar-refractivity contribution in [1.82, 2.24) is 0 Å². The largest absolute Gasteiger partial charge is 0.372 e. The molecule has 3 nitrogen and oxygen atoms in total. The molecule has 0 amide bonds. The molecule has 0 spiro atoms. The minimum absolute atomic E-state index is 0.298. The van der Waals surface area contributed by atoms with Gasteiger partial charge < -0.3 is 10.5 Å². The molecular weight excluding hydrogens is 178 g/mol. The zero-order valence-electron chi connectivity index (χ0n) is 8.14. The lowest BCUT2D eigenvalue weighted by molar-refractivity contribution is 0.0483. The Labute approximate surface area is 83.9 Å². The molecule has 0 aliphatic rings. The molecule has 0 saturated heterocycles. The molecule has 14 heavy (non-hydrogen) atoms.